The highest BCUT2D eigenvalue weighted by molar-refractivity contribution is 9.10. The number of hydrogen-bond donors (Lipinski definition) is 5. The third-order valence-electron chi connectivity index (χ3n) is 32.3. The minimum absolute atomic E-state index is 0.0995. The monoisotopic (exact) mass is 1810 g/mol. The van der Waals surface area contributed by atoms with Crippen LogP contribution < -0.4 is 59.7 Å². The van der Waals surface area contributed by atoms with E-state index in [9.17, 15) is 4.79 Å². The molecule has 16 heteroatoms. The molecule has 12 aromatic carbocycles. The molecule has 14 atom stereocenters. The van der Waals surface area contributed by atoms with Gasteiger partial charge in [0.05, 0.1) is 43.2 Å². The number of nitrogens with one attached hydrogen (secondary N) is 5. The number of fused-ring (bicyclic) bond motifs is 25. The summed E-state index contributed by atoms with van der Waals surface area (Å²) in [5.74, 6) is 11.5. The molecule has 0 aliphatic carbocycles. The van der Waals surface area contributed by atoms with Gasteiger partial charge in [-0.1, -0.05) is 231 Å². The Morgan fingerprint density at radius 2 is 0.710 bits per heavy atom. The lowest BCUT2D eigenvalue weighted by Crippen LogP contribution is -2.52. The lowest BCUT2D eigenvalue weighted by molar-refractivity contribution is -0.134. The molecule has 14 heterocycles. The van der Waals surface area contributed by atoms with Gasteiger partial charge in [-0.2, -0.15) is 0 Å². The van der Waals surface area contributed by atoms with Crippen molar-refractivity contribution in [2.45, 2.75) is 194 Å². The number of ether oxygens (including phenoxy) is 7. The minimum atomic E-state index is -0.228. The quantitative estimate of drug-likeness (QED) is 0.114. The first-order valence-corrected chi connectivity index (χ1v) is 48.9. The van der Waals surface area contributed by atoms with Crippen LogP contribution in [0.15, 0.2) is 253 Å². The number of likely N-dealkylation sites (tertiary alicyclic amines) is 2. The van der Waals surface area contributed by atoms with E-state index in [2.05, 4.69) is 353 Å². The van der Waals surface area contributed by atoms with Gasteiger partial charge in [0.1, 0.15) is 86.5 Å². The molecular weight excluding hydrogens is 1690 g/mol. The van der Waals surface area contributed by atoms with Crippen LogP contribution in [0.5, 0.6) is 40.2 Å². The number of likely N-dealkylation sites (N-methyl/N-ethyl adjacent to an activating group) is 1. The van der Waals surface area contributed by atoms with Crippen molar-refractivity contribution in [1.82, 2.24) is 36.4 Å². The molecule has 678 valence electrons. The lowest BCUT2D eigenvalue weighted by atomic mass is 9.78. The van der Waals surface area contributed by atoms with Crippen molar-refractivity contribution >= 4 is 43.4 Å². The first-order chi connectivity index (χ1) is 63.5. The maximum absolute atomic E-state index is 12.0. The summed E-state index contributed by atoms with van der Waals surface area (Å²) in [7, 11) is 2.22. The Kier molecular flexibility index (Phi) is 24.1. The van der Waals surface area contributed by atoms with Gasteiger partial charge in [0.15, 0.2) is 0 Å². The zero-order chi connectivity index (χ0) is 90.2. The third-order valence-corrected chi connectivity index (χ3v) is 33.0. The van der Waals surface area contributed by atoms with Gasteiger partial charge >= 0.3 is 0 Å². The molecule has 131 heavy (non-hydrogen) atoms. The van der Waals surface area contributed by atoms with Crippen LogP contribution in [0, 0.1) is 13.8 Å². The van der Waals surface area contributed by atoms with Crippen molar-refractivity contribution in [2.24, 2.45) is 0 Å². The predicted molar refractivity (Wildman–Crippen MR) is 532 cm³/mol. The molecule has 26 rings (SSSR count). The molecule has 12 aromatic rings. The Morgan fingerprint density at radius 3 is 1.23 bits per heavy atom. The van der Waals surface area contributed by atoms with E-state index in [4.69, 9.17) is 33.2 Å². The van der Waals surface area contributed by atoms with Crippen molar-refractivity contribution in [1.29, 1.82) is 0 Å². The molecule has 0 spiro atoms. The molecule has 0 saturated carbocycles. The maximum atomic E-state index is 12.0. The highest BCUT2D eigenvalue weighted by Crippen LogP contribution is 2.57. The van der Waals surface area contributed by atoms with Gasteiger partial charge in [-0.3, -0.25) is 9.69 Å². The molecule has 7 saturated heterocycles. The van der Waals surface area contributed by atoms with Crippen LogP contribution in [0.25, 0.3) is 54.9 Å². The standard InChI is InChI=1S/C20H21NO2.C19H21NO.C18H19NO.2C16H17NO.C14H19NO.C12H14BrNO/c1-14(22)21-12-11-18-17-10-6-9-16(15-7-4-3-5-8-15)19(17)23-13-20(18,21)2;1-19-13-21-18-15(14-7-4-3-5-8-14)9-6-10-16(18)17(19)11-12-20(19)2;1-18-12-20-17-14(13-6-3-2-4-7-13)8-5-9-15(17)16(18)10-11-19-18;1-16-10-18-14-7-6-11-4-2-3-5-12(11)15(14)13(16)8-9-17-16;1-16-10-18-15-12-5-3-2-4-11(12)6-7-13(15)14(16)8-9-17-16;1-9-6-10(2)13-11-4-5-15-14(11,3)8-16-12(13)7-9;1-12-7-15-11-8(3-2-4-10(11)13)9(12)5-6-14-12/h3-10,18H,11-13H2,1-2H3;3-10,17H,11-13H2,1-2H3;2-9,16,19H,10-12H2,1H3;2-7,13,17H,8-10H2,1H3;2-7,14,17H,8-10H2,1H3;6-7,11,15H,4-5,8H2,1-3H3;2-4,9,14H,5-7H2,1H3/t18-,20+;17-,19+;16-,18+;13-,16+;14-,16+;11-,14+;9-,12+/m0000000/s1. The van der Waals surface area contributed by atoms with Gasteiger partial charge in [0.25, 0.3) is 0 Å². The molecule has 1 amide bonds. The smallest absolute Gasteiger partial charge is 0.220 e. The molecule has 0 bridgehead atoms. The average molecular weight is 1820 g/mol. The van der Waals surface area contributed by atoms with E-state index in [0.29, 0.717) is 48.0 Å². The molecule has 5 N–H and O–H groups in total. The van der Waals surface area contributed by atoms with Crippen molar-refractivity contribution in [3.8, 4) is 73.6 Å². The summed E-state index contributed by atoms with van der Waals surface area (Å²) in [6.07, 6.45) is 8.30. The van der Waals surface area contributed by atoms with Gasteiger partial charge in [-0.25, -0.2) is 0 Å². The summed E-state index contributed by atoms with van der Waals surface area (Å²) in [5.41, 5.74) is 20.0. The SMILES string of the molecule is CC(=O)N1CC[C@H]2c3cccc(-c4ccccc4)c3OC[C@]21C.CN1CC[C@H]2c3cccc(-c4ccccc4)c3OC[C@]21C.C[C@@]12COc3c(-c4ccccc4)cccc3[C@@H]1CCN2.C[C@@]12COc3c(Br)cccc3[C@@H]1CCN2.C[C@@]12COc3c(ccc4ccccc34)[C@@H]1CCN2.C[C@@]12COc3ccc4ccccc4c3[C@@H]1CCN2.Cc1cc(C)c2c(c1)OC[C@@]1(C)NCC[C@@H]21. The minimum Gasteiger partial charge on any atom is -0.491 e. The second-order valence-corrected chi connectivity index (χ2v) is 41.6. The fourth-order valence-corrected chi connectivity index (χ4v) is 25.4. The highest BCUT2D eigenvalue weighted by atomic mass is 79.9. The molecule has 14 aliphatic rings. The van der Waals surface area contributed by atoms with Crippen LogP contribution in [0.1, 0.15) is 192 Å². The number of para-hydroxylation sites is 4. The summed E-state index contributed by atoms with van der Waals surface area (Å²) < 4.78 is 43.6. The van der Waals surface area contributed by atoms with Crippen LogP contribution in [-0.4, -0.2) is 154 Å². The fourth-order valence-electron chi connectivity index (χ4n) is 24.9. The largest absolute Gasteiger partial charge is 0.491 e. The number of rotatable bonds is 3. The molecule has 0 aromatic heterocycles. The molecule has 15 nitrogen and oxygen atoms in total. The zero-order valence-electron chi connectivity index (χ0n) is 78.1. The summed E-state index contributed by atoms with van der Waals surface area (Å²) in [6, 6.07) is 87.7. The second-order valence-electron chi connectivity index (χ2n) is 40.8. The summed E-state index contributed by atoms with van der Waals surface area (Å²) in [6.45, 7) is 34.6. The van der Waals surface area contributed by atoms with Gasteiger partial charge in [-0.05, 0) is 248 Å². The predicted octanol–water partition coefficient (Wildman–Crippen LogP) is 22.7. The van der Waals surface area contributed by atoms with Crippen LogP contribution >= 0.6 is 15.9 Å². The molecular formula is C115H128BrN7O8. The van der Waals surface area contributed by atoms with E-state index in [-0.39, 0.29) is 44.7 Å². The highest BCUT2D eigenvalue weighted by Gasteiger charge is 2.54. The van der Waals surface area contributed by atoms with E-state index in [0.717, 1.165) is 142 Å². The number of hydrogen-bond acceptors (Lipinski definition) is 14. The number of amides is 1. The third kappa shape index (κ3) is 16.3. The lowest BCUT2D eigenvalue weighted by Gasteiger charge is -2.43. The number of halogens is 1. The molecule has 7 fully saturated rings. The molecule has 0 unspecified atom stereocenters. The number of carbonyl (C=O) groups excluding carboxylic acids is 1. The van der Waals surface area contributed by atoms with Gasteiger partial charge in [-0.15, -0.1) is 0 Å². The second kappa shape index (κ2) is 35.8. The van der Waals surface area contributed by atoms with Gasteiger partial charge in [0, 0.05) is 99.2 Å². The van der Waals surface area contributed by atoms with Crippen molar-refractivity contribution < 1.29 is 38.0 Å². The number of benzene rings is 12. The van der Waals surface area contributed by atoms with E-state index in [1.165, 1.54) is 138 Å². The number of carbonyl (C=O) groups is 1. The average Bonchev–Trinajstić information content (AvgIpc) is 1.80. The van der Waals surface area contributed by atoms with Crippen molar-refractivity contribution in [2.75, 3.05) is 99.1 Å². The van der Waals surface area contributed by atoms with E-state index >= 15 is 0 Å². The van der Waals surface area contributed by atoms with Crippen LogP contribution in [0.4, 0.5) is 0 Å². The zero-order valence-corrected chi connectivity index (χ0v) is 79.7. The van der Waals surface area contributed by atoms with Crippen molar-refractivity contribution in [3.63, 3.8) is 0 Å². The topological polar surface area (TPSA) is 148 Å². The Morgan fingerprint density at radius 1 is 0.336 bits per heavy atom. The van der Waals surface area contributed by atoms with Gasteiger partial charge in [0.2, 0.25) is 5.91 Å². The van der Waals surface area contributed by atoms with E-state index in [1.54, 1.807) is 6.92 Å². The molecule has 0 radical (unpaired) electrons. The van der Waals surface area contributed by atoms with E-state index in [1.807, 2.05) is 17.0 Å². The molecule has 14 aliphatic heterocycles. The Hall–Kier alpha value is -10.5. The Bertz CT molecular complexity index is 6240. The summed E-state index contributed by atoms with van der Waals surface area (Å²) in [5, 5.41) is 23.2. The van der Waals surface area contributed by atoms with Crippen molar-refractivity contribution in [3.05, 3.63) is 303 Å². The maximum Gasteiger partial charge on any atom is 0.220 e. The van der Waals surface area contributed by atoms with Crippen LogP contribution in [0.2, 0.25) is 0 Å². The number of nitrogens with zero attached hydrogens (tertiary/aromatic N) is 2. The Balaban J connectivity index is 0.0000000958. The Labute approximate surface area is 783 Å². The van der Waals surface area contributed by atoms with Gasteiger partial charge < -0.3 is 64.6 Å². The summed E-state index contributed by atoms with van der Waals surface area (Å²) in [4.78, 5) is 16.4. The summed E-state index contributed by atoms with van der Waals surface area (Å²) >= 11 is 3.55. The first kappa shape index (κ1) is 88.4. The fraction of sp³-hybridized carbons (Fsp3) is 0.400. The van der Waals surface area contributed by atoms with Crippen LogP contribution in [-0.2, 0) is 4.79 Å². The van der Waals surface area contributed by atoms with Crippen LogP contribution in [0.3, 0.4) is 0 Å². The normalized spacial score (nSPS) is 29.0. The van der Waals surface area contributed by atoms with E-state index < -0.39 is 0 Å². The first-order valence-electron chi connectivity index (χ1n) is 48.1. The number of aryl methyl sites for hydroxylation is 2.